The summed E-state index contributed by atoms with van der Waals surface area (Å²) in [6.07, 6.45) is 6.37. The number of nitrogens with zero attached hydrogens (tertiary/aromatic N) is 6. The second kappa shape index (κ2) is 18.7. The van der Waals surface area contributed by atoms with E-state index in [-0.39, 0.29) is 38.1 Å². The normalized spacial score (nSPS) is 12.2. The molecule has 2 heterocycles. The largest absolute Gasteiger partial charge is 0.677 e. The Morgan fingerprint density at radius 2 is 1.24 bits per heavy atom. The Balaban J connectivity index is 0.000000555. The van der Waals surface area contributed by atoms with Gasteiger partial charge < -0.3 is 41.9 Å². The third-order valence-corrected chi connectivity index (χ3v) is 3.96. The van der Waals surface area contributed by atoms with Gasteiger partial charge in [0, 0.05) is 0 Å². The van der Waals surface area contributed by atoms with Crippen molar-refractivity contribution in [2.24, 2.45) is 0 Å². The standard InChI is InChI=1S/2C8H13N4O3.2ClH.Pt/c2*9-3-1-2-7(13)6-11-5-4-10-8(11)12(14)15;;;/h2*4-5,7,9,13H,1-3,6H2;2*1H;/q2*-1;;;+4/p-2. The van der Waals surface area contributed by atoms with Crippen LogP contribution in [0.1, 0.15) is 25.7 Å². The van der Waals surface area contributed by atoms with E-state index in [2.05, 4.69) is 9.97 Å². The zero-order valence-corrected chi connectivity index (χ0v) is 21.2. The van der Waals surface area contributed by atoms with Gasteiger partial charge in [0.2, 0.25) is 0 Å². The molecule has 4 N–H and O–H groups in total. The Bertz CT molecular complexity index is 747. The summed E-state index contributed by atoms with van der Waals surface area (Å²) in [6.45, 7) is 0.804. The van der Waals surface area contributed by atoms with Gasteiger partial charge in [0.25, 0.3) is 0 Å². The second-order valence-corrected chi connectivity index (χ2v) is 9.69. The fourth-order valence-corrected chi connectivity index (χ4v) is 2.54. The first-order valence-corrected chi connectivity index (χ1v) is 15.1. The Kier molecular flexibility index (Phi) is 17.8. The molecular formula is C16H26Cl2N8O6Pt. The van der Waals surface area contributed by atoms with Gasteiger partial charge in [0.15, 0.2) is 0 Å². The van der Waals surface area contributed by atoms with Gasteiger partial charge in [-0.25, -0.2) is 9.13 Å². The quantitative estimate of drug-likeness (QED) is 0.248. The van der Waals surface area contributed by atoms with E-state index in [9.17, 15) is 30.4 Å². The van der Waals surface area contributed by atoms with Crippen molar-refractivity contribution in [3.05, 3.63) is 56.5 Å². The average molecular weight is 692 g/mol. The van der Waals surface area contributed by atoms with Crippen molar-refractivity contribution in [3.63, 3.8) is 0 Å². The molecule has 2 rings (SSSR count). The molecule has 190 valence electrons. The molecule has 14 nitrogen and oxygen atoms in total. The van der Waals surface area contributed by atoms with Gasteiger partial charge in [-0.2, -0.15) is 13.1 Å². The number of aliphatic hydroxyl groups is 2. The van der Waals surface area contributed by atoms with Crippen LogP contribution in [0.25, 0.3) is 11.5 Å². The first kappa shape index (κ1) is 31.3. The van der Waals surface area contributed by atoms with Gasteiger partial charge in [0.05, 0.1) is 25.3 Å². The minimum absolute atomic E-state index is 0.149. The number of aliphatic hydroxyl groups excluding tert-OH is 2. The molecule has 0 aliphatic rings. The van der Waals surface area contributed by atoms with Gasteiger partial charge >= 0.3 is 47.2 Å². The summed E-state index contributed by atoms with van der Waals surface area (Å²) in [6, 6.07) is 0. The Hall–Kier alpha value is -1.67. The summed E-state index contributed by atoms with van der Waals surface area (Å²) < 4.78 is 2.60. The number of nitrogens with one attached hydrogen (secondary N) is 2. The fourth-order valence-electron chi connectivity index (χ4n) is 2.54. The van der Waals surface area contributed by atoms with E-state index in [4.69, 9.17) is 30.3 Å². The van der Waals surface area contributed by atoms with Crippen LogP contribution in [0.15, 0.2) is 24.8 Å². The molecule has 2 aromatic heterocycles. The molecule has 2 unspecified atom stereocenters. The third-order valence-electron chi connectivity index (χ3n) is 3.96. The van der Waals surface area contributed by atoms with Crippen molar-refractivity contribution in [1.29, 1.82) is 0 Å². The van der Waals surface area contributed by atoms with Crippen LogP contribution in [0.4, 0.5) is 11.9 Å². The fraction of sp³-hybridized carbons (Fsp3) is 0.625. The molecule has 0 spiro atoms. The smallest absolute Gasteiger partial charge is 0.434 e. The summed E-state index contributed by atoms with van der Waals surface area (Å²) in [5, 5.41) is 40.0. The molecule has 0 aliphatic heterocycles. The summed E-state index contributed by atoms with van der Waals surface area (Å²) in [5.41, 5.74) is 13.8. The zero-order chi connectivity index (χ0) is 25.2. The molecule has 0 fully saturated rings. The van der Waals surface area contributed by atoms with Crippen LogP contribution < -0.4 is 0 Å². The molecule has 0 saturated carbocycles. The van der Waals surface area contributed by atoms with Gasteiger partial charge in [-0.15, -0.1) is 0 Å². The number of rotatable bonds is 12. The number of imidazole rings is 2. The van der Waals surface area contributed by atoms with E-state index < -0.39 is 38.5 Å². The van der Waals surface area contributed by atoms with Crippen LogP contribution in [-0.4, -0.2) is 64.5 Å². The van der Waals surface area contributed by atoms with E-state index in [1.165, 1.54) is 33.9 Å². The average Bonchev–Trinajstić information content (AvgIpc) is 3.41. The Morgan fingerprint density at radius 3 is 1.52 bits per heavy atom. The van der Waals surface area contributed by atoms with Crippen molar-refractivity contribution in [3.8, 4) is 0 Å². The number of hydrogen-bond donors (Lipinski definition) is 2. The van der Waals surface area contributed by atoms with E-state index in [1.807, 2.05) is 0 Å². The molecule has 0 aromatic carbocycles. The predicted octanol–water partition coefficient (Wildman–Crippen LogP) is 3.35. The van der Waals surface area contributed by atoms with Gasteiger partial charge in [-0.05, 0) is 22.7 Å². The SMILES string of the molecule is [Cl][Pt+2][Cl].[NH-]CCCC(O)Cn1ccnc1[N+](=O)[O-].[NH-]CCCC(O)Cn1ccnc1[N+](=O)[O-]. The second-order valence-electron chi connectivity index (χ2n) is 6.41. The van der Waals surface area contributed by atoms with Crippen LogP contribution in [-0.2, 0) is 29.6 Å². The minimum Gasteiger partial charge on any atom is -0.677 e. The Labute approximate surface area is 206 Å². The molecule has 0 saturated heterocycles. The number of hydrogen-bond acceptors (Lipinski definition) is 8. The maximum atomic E-state index is 10.5. The predicted molar refractivity (Wildman–Crippen MR) is 118 cm³/mol. The van der Waals surface area contributed by atoms with Crippen molar-refractivity contribution < 1.29 is 36.5 Å². The molecule has 17 heteroatoms. The van der Waals surface area contributed by atoms with Gasteiger partial charge in [-0.3, -0.25) is 0 Å². The van der Waals surface area contributed by atoms with Crippen LogP contribution >= 0.6 is 18.8 Å². The summed E-state index contributed by atoms with van der Waals surface area (Å²) >= 11 is -0.472. The molecule has 0 bridgehead atoms. The molecule has 0 radical (unpaired) electrons. The molecule has 0 amide bonds. The zero-order valence-electron chi connectivity index (χ0n) is 17.4. The maximum absolute atomic E-state index is 10.5. The van der Waals surface area contributed by atoms with Crippen molar-refractivity contribution in [1.82, 2.24) is 19.1 Å². The van der Waals surface area contributed by atoms with Gasteiger partial charge in [-0.1, -0.05) is 22.8 Å². The molecule has 2 aromatic rings. The summed E-state index contributed by atoms with van der Waals surface area (Å²) in [5.74, 6) is -0.528. The molecular weight excluding hydrogens is 666 g/mol. The first-order chi connectivity index (χ1) is 15.7. The third kappa shape index (κ3) is 13.6. The first-order valence-electron chi connectivity index (χ1n) is 9.50. The number of halogens is 2. The number of aromatic nitrogens is 4. The monoisotopic (exact) mass is 691 g/mol. The maximum Gasteiger partial charge on any atom is 0.434 e. The van der Waals surface area contributed by atoms with E-state index in [0.717, 1.165) is 0 Å². The topological polar surface area (TPSA) is 210 Å². The summed E-state index contributed by atoms with van der Waals surface area (Å²) in [7, 11) is 9.75. The molecule has 0 aliphatic carbocycles. The number of nitro groups is 2. The van der Waals surface area contributed by atoms with Crippen LogP contribution in [0, 0.1) is 20.2 Å². The van der Waals surface area contributed by atoms with Crippen LogP contribution in [0.3, 0.4) is 0 Å². The van der Waals surface area contributed by atoms with Crippen molar-refractivity contribution in [2.75, 3.05) is 13.1 Å². The Morgan fingerprint density at radius 1 is 0.909 bits per heavy atom. The van der Waals surface area contributed by atoms with Crippen molar-refractivity contribution >= 4 is 30.7 Å². The molecule has 2 atom stereocenters. The van der Waals surface area contributed by atoms with E-state index in [0.29, 0.717) is 25.7 Å². The van der Waals surface area contributed by atoms with Crippen molar-refractivity contribution in [2.45, 2.75) is 51.0 Å². The van der Waals surface area contributed by atoms with Crippen LogP contribution in [0.2, 0.25) is 0 Å². The molecule has 33 heavy (non-hydrogen) atoms. The van der Waals surface area contributed by atoms with Crippen LogP contribution in [0.5, 0.6) is 0 Å². The minimum atomic E-state index is -0.664. The van der Waals surface area contributed by atoms with Gasteiger partial charge in [0.1, 0.15) is 24.8 Å². The van der Waals surface area contributed by atoms with E-state index >= 15 is 0 Å². The summed E-state index contributed by atoms with van der Waals surface area (Å²) in [4.78, 5) is 26.9. The van der Waals surface area contributed by atoms with E-state index in [1.54, 1.807) is 0 Å².